The van der Waals surface area contributed by atoms with E-state index in [2.05, 4.69) is 28.5 Å². The number of hydrogen-bond acceptors (Lipinski definition) is 6. The lowest BCUT2D eigenvalue weighted by Crippen LogP contribution is -2.39. The fraction of sp³-hybridized carbons (Fsp3) is 0.346. The molecule has 2 aliphatic rings. The van der Waals surface area contributed by atoms with E-state index >= 15 is 0 Å². The number of sulfonamides is 1. The maximum absolute atomic E-state index is 13.4. The van der Waals surface area contributed by atoms with Crippen LogP contribution in [0.15, 0.2) is 53.4 Å². The van der Waals surface area contributed by atoms with Crippen LogP contribution in [0, 0.1) is 19.3 Å². The number of ether oxygens (including phenoxy) is 1. The van der Waals surface area contributed by atoms with E-state index in [1.807, 2.05) is 32.0 Å². The monoisotopic (exact) mass is 492 g/mol. The van der Waals surface area contributed by atoms with Gasteiger partial charge in [-0.3, -0.25) is 4.79 Å². The summed E-state index contributed by atoms with van der Waals surface area (Å²) < 4.78 is 35.1. The Morgan fingerprint density at radius 3 is 2.51 bits per heavy atom. The highest BCUT2D eigenvalue weighted by atomic mass is 32.2. The van der Waals surface area contributed by atoms with Gasteiger partial charge in [-0.1, -0.05) is 38.1 Å². The van der Waals surface area contributed by atoms with Crippen molar-refractivity contribution in [3.05, 3.63) is 65.2 Å². The van der Waals surface area contributed by atoms with E-state index in [-0.39, 0.29) is 40.7 Å². The van der Waals surface area contributed by atoms with Crippen LogP contribution in [0.2, 0.25) is 0 Å². The van der Waals surface area contributed by atoms with E-state index in [1.54, 1.807) is 23.1 Å². The smallest absolute Gasteiger partial charge is 0.264 e. The minimum atomic E-state index is -4.05. The second kappa shape index (κ2) is 8.34. The fourth-order valence-corrected chi connectivity index (χ4v) is 5.99. The van der Waals surface area contributed by atoms with Gasteiger partial charge in [0.1, 0.15) is 6.61 Å². The summed E-state index contributed by atoms with van der Waals surface area (Å²) in [6, 6.07) is 13.5. The number of nitrogens with zero attached hydrogens (tertiary/aromatic N) is 3. The highest BCUT2D eigenvalue weighted by molar-refractivity contribution is 7.92. The quantitative estimate of drug-likeness (QED) is 0.547. The molecule has 1 aromatic heterocycles. The molecule has 8 nitrogen and oxygen atoms in total. The van der Waals surface area contributed by atoms with Crippen molar-refractivity contribution in [2.45, 2.75) is 45.1 Å². The van der Waals surface area contributed by atoms with E-state index < -0.39 is 10.0 Å². The molecule has 1 unspecified atom stereocenters. The number of aromatic nitrogens is 2. The first-order valence-corrected chi connectivity index (χ1v) is 13.0. The highest BCUT2D eigenvalue weighted by Crippen LogP contribution is 2.36. The molecule has 182 valence electrons. The molecule has 3 aromatic rings. The summed E-state index contributed by atoms with van der Waals surface area (Å²) in [7, 11) is -4.05. The van der Waals surface area contributed by atoms with E-state index in [0.29, 0.717) is 17.8 Å². The van der Waals surface area contributed by atoms with Crippen molar-refractivity contribution in [3.63, 3.8) is 0 Å². The molecule has 0 spiro atoms. The van der Waals surface area contributed by atoms with Crippen molar-refractivity contribution in [1.82, 2.24) is 14.9 Å². The molecule has 9 heteroatoms. The molecule has 0 radical (unpaired) electrons. The van der Waals surface area contributed by atoms with Gasteiger partial charge in [-0.15, -0.1) is 0 Å². The largest absolute Gasteiger partial charge is 0.475 e. The summed E-state index contributed by atoms with van der Waals surface area (Å²) in [5.74, 6) is -0.0485. The number of aryl methyl sites for hydroxylation is 2. The molecule has 2 aromatic carbocycles. The van der Waals surface area contributed by atoms with E-state index in [0.717, 1.165) is 23.1 Å². The molecule has 1 atom stereocenters. The van der Waals surface area contributed by atoms with Crippen LogP contribution >= 0.6 is 0 Å². The number of anilines is 1. The average Bonchev–Trinajstić information content (AvgIpc) is 3.10. The molecule has 1 saturated heterocycles. The van der Waals surface area contributed by atoms with Crippen molar-refractivity contribution in [2.24, 2.45) is 5.41 Å². The normalized spacial score (nSPS) is 20.5. The Morgan fingerprint density at radius 1 is 1.06 bits per heavy atom. The Kier molecular flexibility index (Phi) is 5.55. The van der Waals surface area contributed by atoms with Crippen LogP contribution in [0.1, 0.15) is 41.8 Å². The molecule has 5 rings (SSSR count). The molecular formula is C26H28N4O4S. The van der Waals surface area contributed by atoms with Crippen LogP contribution < -0.4 is 9.46 Å². The minimum absolute atomic E-state index is 0.0267. The molecule has 1 amide bonds. The summed E-state index contributed by atoms with van der Waals surface area (Å²) in [5, 5.41) is 0. The maximum atomic E-state index is 13.4. The lowest BCUT2D eigenvalue weighted by molar-refractivity contribution is 0.0681. The van der Waals surface area contributed by atoms with Gasteiger partial charge in [0.25, 0.3) is 15.9 Å². The summed E-state index contributed by atoms with van der Waals surface area (Å²) in [4.78, 5) is 24.1. The predicted molar refractivity (Wildman–Crippen MR) is 133 cm³/mol. The van der Waals surface area contributed by atoms with Crippen molar-refractivity contribution < 1.29 is 17.9 Å². The number of carbonyl (C=O) groups excluding carboxylic acids is 1. The zero-order valence-corrected chi connectivity index (χ0v) is 21.0. The van der Waals surface area contributed by atoms with Gasteiger partial charge >= 0.3 is 0 Å². The van der Waals surface area contributed by atoms with Crippen molar-refractivity contribution in [1.29, 1.82) is 0 Å². The lowest BCUT2D eigenvalue weighted by atomic mass is 9.91. The zero-order chi connectivity index (χ0) is 25.0. The van der Waals surface area contributed by atoms with Crippen LogP contribution in [0.3, 0.4) is 0 Å². The molecule has 2 aliphatic heterocycles. The van der Waals surface area contributed by atoms with Gasteiger partial charge in [-0.2, -0.15) is 4.98 Å². The lowest BCUT2D eigenvalue weighted by Gasteiger charge is -2.25. The van der Waals surface area contributed by atoms with Gasteiger partial charge in [0.15, 0.2) is 0 Å². The molecule has 35 heavy (non-hydrogen) atoms. The van der Waals surface area contributed by atoms with Crippen LogP contribution in [-0.2, 0) is 10.0 Å². The van der Waals surface area contributed by atoms with Gasteiger partial charge < -0.3 is 9.64 Å². The maximum Gasteiger partial charge on any atom is 0.264 e. The summed E-state index contributed by atoms with van der Waals surface area (Å²) >= 11 is 0. The van der Waals surface area contributed by atoms with E-state index in [1.165, 1.54) is 12.1 Å². The van der Waals surface area contributed by atoms with Gasteiger partial charge in [0, 0.05) is 23.7 Å². The molecule has 0 saturated carbocycles. The average molecular weight is 493 g/mol. The zero-order valence-electron chi connectivity index (χ0n) is 20.2. The Balaban J connectivity index is 1.67. The van der Waals surface area contributed by atoms with Crippen LogP contribution in [0.25, 0.3) is 11.3 Å². The molecule has 1 fully saturated rings. The predicted octanol–water partition coefficient (Wildman–Crippen LogP) is 4.19. The number of nitrogens with one attached hydrogen (secondary N) is 1. The van der Waals surface area contributed by atoms with Crippen LogP contribution in [0.5, 0.6) is 5.88 Å². The van der Waals surface area contributed by atoms with Gasteiger partial charge in [-0.05, 0) is 55.0 Å². The fourth-order valence-electron chi connectivity index (χ4n) is 5.00. The molecule has 4 bridgehead atoms. The number of benzene rings is 2. The first-order valence-electron chi connectivity index (χ1n) is 11.5. The molecular weight excluding hydrogens is 464 g/mol. The number of hydrogen-bond donors (Lipinski definition) is 1. The first-order chi connectivity index (χ1) is 16.5. The van der Waals surface area contributed by atoms with Gasteiger partial charge in [-0.25, -0.2) is 18.1 Å². The summed E-state index contributed by atoms with van der Waals surface area (Å²) in [5.41, 5.74) is 3.69. The third kappa shape index (κ3) is 4.48. The van der Waals surface area contributed by atoms with E-state index in [9.17, 15) is 13.2 Å². The molecule has 0 aliphatic carbocycles. The van der Waals surface area contributed by atoms with Crippen molar-refractivity contribution >= 4 is 21.9 Å². The topological polar surface area (TPSA) is 101 Å². The van der Waals surface area contributed by atoms with Crippen molar-refractivity contribution in [3.8, 4) is 17.1 Å². The van der Waals surface area contributed by atoms with Crippen molar-refractivity contribution in [2.75, 3.05) is 17.9 Å². The Morgan fingerprint density at radius 2 is 1.77 bits per heavy atom. The number of rotatable bonds is 1. The standard InChI is InChI=1S/C26H28N4O4S/c1-16-7-5-8-17(2)23(16)21-12-22-28-25(27-21)29-35(32,33)20-10-6-9-18(11-20)24(31)30-15-26(3,4)13-19(30)14-34-22/h5-12,19H,13-15H2,1-4H3,(H,27,28,29). The first kappa shape index (κ1) is 23.3. The SMILES string of the molecule is Cc1cccc(C)c1-c1cc2nc(n1)NS(=O)(=O)c1cccc(c1)C(=O)N1CC(C)(C)CC1CO2. The van der Waals surface area contributed by atoms with Crippen LogP contribution in [-0.4, -0.2) is 48.4 Å². The molecule has 3 heterocycles. The Bertz CT molecular complexity index is 1410. The Labute approximate surface area is 205 Å². The van der Waals surface area contributed by atoms with E-state index in [4.69, 9.17) is 4.74 Å². The van der Waals surface area contributed by atoms with Crippen LogP contribution in [0.4, 0.5) is 5.95 Å². The summed E-state index contributed by atoms with van der Waals surface area (Å²) in [6.07, 6.45) is 0.761. The third-order valence-corrected chi connectivity index (χ3v) is 7.89. The Hall–Kier alpha value is -3.46. The second-order valence-electron chi connectivity index (χ2n) is 10.1. The number of amides is 1. The summed E-state index contributed by atoms with van der Waals surface area (Å²) in [6.45, 7) is 8.98. The highest BCUT2D eigenvalue weighted by Gasteiger charge is 2.41. The van der Waals surface area contributed by atoms with Gasteiger partial charge in [0.2, 0.25) is 11.8 Å². The second-order valence-corrected chi connectivity index (χ2v) is 11.8. The number of fused-ring (bicyclic) bond motifs is 5. The minimum Gasteiger partial charge on any atom is -0.475 e. The third-order valence-electron chi connectivity index (χ3n) is 6.57. The number of carbonyl (C=O) groups is 1. The van der Waals surface area contributed by atoms with Gasteiger partial charge in [0.05, 0.1) is 16.6 Å². The molecule has 1 N–H and O–H groups in total.